The van der Waals surface area contributed by atoms with Crippen molar-refractivity contribution in [2.24, 2.45) is 0 Å². The second kappa shape index (κ2) is 5.91. The molecule has 0 fully saturated rings. The van der Waals surface area contributed by atoms with Crippen molar-refractivity contribution in [3.8, 4) is 5.75 Å². The van der Waals surface area contributed by atoms with Gasteiger partial charge in [-0.2, -0.15) is 0 Å². The Labute approximate surface area is 145 Å². The topological polar surface area (TPSA) is 33.3 Å². The summed E-state index contributed by atoms with van der Waals surface area (Å²) in [5.74, 6) is 0.634. The Morgan fingerprint density at radius 2 is 1.92 bits per heavy atom. The zero-order chi connectivity index (χ0) is 16.7. The summed E-state index contributed by atoms with van der Waals surface area (Å²) in [6, 6.07) is 12.7. The maximum atomic E-state index is 13.2. The van der Waals surface area contributed by atoms with Crippen molar-refractivity contribution in [2.45, 2.75) is 18.9 Å². The number of fused-ring (bicyclic) bond motifs is 2. The fourth-order valence-corrected chi connectivity index (χ4v) is 3.68. The molecule has 0 unspecified atom stereocenters. The van der Waals surface area contributed by atoms with Gasteiger partial charge in [0.1, 0.15) is 11.6 Å². The highest BCUT2D eigenvalue weighted by atomic mass is 32.1. The largest absolute Gasteiger partial charge is 0.497 e. The number of rotatable bonds is 2. The van der Waals surface area contributed by atoms with Gasteiger partial charge in [0.25, 0.3) is 0 Å². The zero-order valence-corrected chi connectivity index (χ0v) is 14.0. The van der Waals surface area contributed by atoms with Gasteiger partial charge in [-0.15, -0.1) is 0 Å². The molecule has 4 rings (SSSR count). The van der Waals surface area contributed by atoms with Gasteiger partial charge in [0.2, 0.25) is 0 Å². The second-order valence-electron chi connectivity index (χ2n) is 6.01. The van der Waals surface area contributed by atoms with E-state index >= 15 is 0 Å². The van der Waals surface area contributed by atoms with Crippen LogP contribution in [0.5, 0.6) is 5.75 Å². The molecule has 5 heteroatoms. The van der Waals surface area contributed by atoms with E-state index in [1.807, 2.05) is 18.2 Å². The molecule has 122 valence electrons. The van der Waals surface area contributed by atoms with E-state index in [-0.39, 0.29) is 11.9 Å². The molecule has 24 heavy (non-hydrogen) atoms. The Morgan fingerprint density at radius 1 is 1.12 bits per heavy atom. The number of hydrogen-bond acceptors (Lipinski definition) is 2. The Morgan fingerprint density at radius 3 is 2.67 bits per heavy atom. The van der Waals surface area contributed by atoms with Crippen LogP contribution in [-0.2, 0) is 6.42 Å². The normalized spacial score (nSPS) is 19.1. The highest BCUT2D eigenvalue weighted by Crippen LogP contribution is 2.39. The smallest absolute Gasteiger partial charge is 0.171 e. The van der Waals surface area contributed by atoms with Crippen molar-refractivity contribution in [2.75, 3.05) is 7.11 Å². The van der Waals surface area contributed by atoms with Gasteiger partial charge < -0.3 is 15.4 Å². The lowest BCUT2D eigenvalue weighted by molar-refractivity contribution is 0.414. The molecular formula is C19H17FN2OS. The Kier molecular flexibility index (Phi) is 3.73. The fourth-order valence-electron chi connectivity index (χ4n) is 3.46. The average molecular weight is 340 g/mol. The predicted octanol–water partition coefficient (Wildman–Crippen LogP) is 3.71. The van der Waals surface area contributed by atoms with Gasteiger partial charge in [-0.1, -0.05) is 12.1 Å². The lowest BCUT2D eigenvalue weighted by Crippen LogP contribution is -2.44. The third-order valence-electron chi connectivity index (χ3n) is 4.63. The summed E-state index contributed by atoms with van der Waals surface area (Å²) < 4.78 is 18.6. The van der Waals surface area contributed by atoms with Crippen molar-refractivity contribution in [1.82, 2.24) is 10.6 Å². The van der Waals surface area contributed by atoms with E-state index in [1.54, 1.807) is 7.11 Å². The number of hydrogen-bond donors (Lipinski definition) is 2. The van der Waals surface area contributed by atoms with Crippen molar-refractivity contribution in [1.29, 1.82) is 0 Å². The molecular weight excluding hydrogens is 323 g/mol. The molecule has 0 saturated heterocycles. The molecule has 2 aliphatic rings. The van der Waals surface area contributed by atoms with Gasteiger partial charge in [-0.25, -0.2) is 4.39 Å². The second-order valence-corrected chi connectivity index (χ2v) is 6.41. The quantitative estimate of drug-likeness (QED) is 0.817. The number of aryl methyl sites for hydroxylation is 1. The number of methoxy groups -OCH3 is 1. The first kappa shape index (κ1) is 15.1. The highest BCUT2D eigenvalue weighted by Gasteiger charge is 2.30. The summed E-state index contributed by atoms with van der Waals surface area (Å²) in [4.78, 5) is 0. The van der Waals surface area contributed by atoms with Crippen LogP contribution >= 0.6 is 12.2 Å². The molecule has 0 spiro atoms. The monoisotopic (exact) mass is 340 g/mol. The first-order valence-corrected chi connectivity index (χ1v) is 8.30. The molecule has 1 aliphatic carbocycles. The van der Waals surface area contributed by atoms with E-state index in [9.17, 15) is 4.39 Å². The molecule has 0 saturated carbocycles. The van der Waals surface area contributed by atoms with Gasteiger partial charge in [-0.05, 0) is 72.1 Å². The molecule has 1 atom stereocenters. The number of thiocarbonyl (C=S) groups is 1. The molecule has 0 aromatic heterocycles. The first-order valence-electron chi connectivity index (χ1n) is 7.89. The number of halogens is 1. The maximum Gasteiger partial charge on any atom is 0.171 e. The number of nitrogens with one attached hydrogen (secondary N) is 2. The predicted molar refractivity (Wildman–Crippen MR) is 96.2 cm³/mol. The molecule has 3 nitrogen and oxygen atoms in total. The van der Waals surface area contributed by atoms with Crippen LogP contribution in [0.3, 0.4) is 0 Å². The minimum Gasteiger partial charge on any atom is -0.497 e. The third-order valence-corrected chi connectivity index (χ3v) is 4.85. The number of ether oxygens (including phenoxy) is 1. The summed E-state index contributed by atoms with van der Waals surface area (Å²) in [6.45, 7) is 0. The minimum atomic E-state index is -0.231. The maximum absolute atomic E-state index is 13.2. The van der Waals surface area contributed by atoms with Gasteiger partial charge in [0.15, 0.2) is 5.11 Å². The molecule has 0 amide bonds. The summed E-state index contributed by atoms with van der Waals surface area (Å²) in [5, 5.41) is 7.22. The molecule has 0 radical (unpaired) electrons. The lowest BCUT2D eigenvalue weighted by atomic mass is 9.83. The lowest BCUT2D eigenvalue weighted by Gasteiger charge is -2.35. The summed E-state index contributed by atoms with van der Waals surface area (Å²) in [7, 11) is 1.68. The molecule has 2 N–H and O–H groups in total. The van der Waals surface area contributed by atoms with Gasteiger partial charge in [0, 0.05) is 11.3 Å². The molecule has 1 aliphatic heterocycles. The van der Waals surface area contributed by atoms with Crippen molar-refractivity contribution < 1.29 is 9.13 Å². The van der Waals surface area contributed by atoms with Gasteiger partial charge in [0.05, 0.1) is 13.2 Å². The third kappa shape index (κ3) is 2.55. The average Bonchev–Trinajstić information content (AvgIpc) is 2.61. The Hall–Kier alpha value is -2.40. The Balaban J connectivity index is 1.81. The molecule has 1 heterocycles. The van der Waals surface area contributed by atoms with E-state index in [4.69, 9.17) is 17.0 Å². The van der Waals surface area contributed by atoms with Crippen LogP contribution in [0.4, 0.5) is 4.39 Å². The first-order chi connectivity index (χ1) is 11.7. The molecule has 2 aromatic carbocycles. The summed E-state index contributed by atoms with van der Waals surface area (Å²) >= 11 is 5.40. The van der Waals surface area contributed by atoms with Crippen LogP contribution < -0.4 is 15.4 Å². The van der Waals surface area contributed by atoms with Crippen LogP contribution in [0.25, 0.3) is 5.70 Å². The van der Waals surface area contributed by atoms with E-state index in [2.05, 4.69) is 22.8 Å². The molecule has 0 bridgehead atoms. The van der Waals surface area contributed by atoms with Gasteiger partial charge in [-0.3, -0.25) is 0 Å². The van der Waals surface area contributed by atoms with E-state index in [1.165, 1.54) is 23.3 Å². The van der Waals surface area contributed by atoms with Crippen LogP contribution in [0.15, 0.2) is 48.0 Å². The molecule has 2 aromatic rings. The fraction of sp³-hybridized carbons (Fsp3) is 0.211. The SMILES string of the molecule is COc1ccc2c(c1)CCC1=C2NC(=S)N[C@H]1c1ccc(F)cc1. The standard InChI is InChI=1S/C19H17FN2OS/c1-23-14-7-9-15-12(10-14)4-8-16-17(21-19(24)22-18(15)16)11-2-5-13(20)6-3-11/h2-3,5-7,9-10,17H,4,8H2,1H3,(H2,21,22,24)/t17-/m0/s1. The van der Waals surface area contributed by atoms with Crippen LogP contribution in [-0.4, -0.2) is 12.2 Å². The van der Waals surface area contributed by atoms with E-state index in [0.29, 0.717) is 5.11 Å². The van der Waals surface area contributed by atoms with Crippen LogP contribution in [0.2, 0.25) is 0 Å². The van der Waals surface area contributed by atoms with E-state index < -0.39 is 0 Å². The van der Waals surface area contributed by atoms with Gasteiger partial charge >= 0.3 is 0 Å². The number of benzene rings is 2. The van der Waals surface area contributed by atoms with Crippen LogP contribution in [0, 0.1) is 5.82 Å². The van der Waals surface area contributed by atoms with Crippen molar-refractivity contribution >= 4 is 23.0 Å². The summed E-state index contributed by atoms with van der Waals surface area (Å²) in [6.07, 6.45) is 1.86. The summed E-state index contributed by atoms with van der Waals surface area (Å²) in [5.41, 5.74) is 5.76. The van der Waals surface area contributed by atoms with Crippen molar-refractivity contribution in [3.63, 3.8) is 0 Å². The van der Waals surface area contributed by atoms with Crippen molar-refractivity contribution in [3.05, 3.63) is 70.5 Å². The van der Waals surface area contributed by atoms with Crippen LogP contribution in [0.1, 0.15) is 29.2 Å². The zero-order valence-electron chi connectivity index (χ0n) is 13.2. The highest BCUT2D eigenvalue weighted by molar-refractivity contribution is 7.80. The van der Waals surface area contributed by atoms with E-state index in [0.717, 1.165) is 35.4 Å². The Bertz CT molecular complexity index is 845. The minimum absolute atomic E-state index is 0.0235.